The minimum atomic E-state index is -0.474. The molecule has 5 nitrogen and oxygen atoms in total. The third kappa shape index (κ3) is 6.64. The minimum absolute atomic E-state index is 0. The molecule has 0 radical (unpaired) electrons. The Morgan fingerprint density at radius 3 is 2.50 bits per heavy atom. The second kappa shape index (κ2) is 9.66. The van der Waals surface area contributed by atoms with Crippen LogP contribution in [-0.2, 0) is 4.79 Å². The predicted octanol–water partition coefficient (Wildman–Crippen LogP) is 2.29. The summed E-state index contributed by atoms with van der Waals surface area (Å²) in [7, 11) is 0. The molecule has 0 aromatic heterocycles. The van der Waals surface area contributed by atoms with Crippen molar-refractivity contribution in [3.63, 3.8) is 0 Å². The number of aliphatic hydroxyl groups is 1. The number of nitrogens with zero attached hydrogens (tertiary/aromatic N) is 1. The summed E-state index contributed by atoms with van der Waals surface area (Å²) in [5, 5.41) is 12.7. The first-order valence-electron chi connectivity index (χ1n) is 7.54. The predicted molar refractivity (Wildman–Crippen MR) is 89.8 cm³/mol. The second-order valence-electron chi connectivity index (χ2n) is 5.53. The molecule has 0 bridgehead atoms. The van der Waals surface area contributed by atoms with E-state index in [2.05, 4.69) is 10.2 Å². The SMILES string of the molecule is CC(=O)Nc1ccc(OCC(O)CN2CCCCC2)cc1.Cl. The number of hydrogen-bond acceptors (Lipinski definition) is 4. The van der Waals surface area contributed by atoms with Crippen LogP contribution in [0, 0.1) is 0 Å². The van der Waals surface area contributed by atoms with E-state index in [-0.39, 0.29) is 24.9 Å². The van der Waals surface area contributed by atoms with E-state index in [0.717, 1.165) is 18.8 Å². The van der Waals surface area contributed by atoms with Crippen molar-refractivity contribution in [2.24, 2.45) is 0 Å². The van der Waals surface area contributed by atoms with E-state index in [4.69, 9.17) is 4.74 Å². The molecule has 124 valence electrons. The van der Waals surface area contributed by atoms with Gasteiger partial charge in [0.1, 0.15) is 18.5 Å². The van der Waals surface area contributed by atoms with Crippen molar-refractivity contribution in [2.45, 2.75) is 32.3 Å². The fourth-order valence-electron chi connectivity index (χ4n) is 2.52. The lowest BCUT2D eigenvalue weighted by atomic mass is 10.1. The van der Waals surface area contributed by atoms with Gasteiger partial charge in [0, 0.05) is 19.2 Å². The molecule has 0 spiro atoms. The Kier molecular flexibility index (Phi) is 8.24. The van der Waals surface area contributed by atoms with Crippen LogP contribution in [0.4, 0.5) is 5.69 Å². The van der Waals surface area contributed by atoms with Gasteiger partial charge in [-0.05, 0) is 50.2 Å². The van der Waals surface area contributed by atoms with Crippen LogP contribution in [0.1, 0.15) is 26.2 Å². The molecule has 1 aliphatic rings. The van der Waals surface area contributed by atoms with Gasteiger partial charge in [0.2, 0.25) is 5.91 Å². The van der Waals surface area contributed by atoms with Gasteiger partial charge in [-0.3, -0.25) is 4.79 Å². The highest BCUT2D eigenvalue weighted by Crippen LogP contribution is 2.16. The van der Waals surface area contributed by atoms with Gasteiger partial charge in [-0.15, -0.1) is 12.4 Å². The number of ether oxygens (including phenoxy) is 1. The van der Waals surface area contributed by atoms with Crippen LogP contribution in [0.5, 0.6) is 5.75 Å². The summed E-state index contributed by atoms with van der Waals surface area (Å²) < 4.78 is 5.58. The average Bonchev–Trinajstić information content (AvgIpc) is 2.47. The zero-order chi connectivity index (χ0) is 15.1. The molecule has 6 heteroatoms. The average molecular weight is 329 g/mol. The van der Waals surface area contributed by atoms with E-state index in [9.17, 15) is 9.90 Å². The van der Waals surface area contributed by atoms with Gasteiger partial charge in [0.05, 0.1) is 0 Å². The molecule has 0 saturated carbocycles. The third-order valence-corrected chi connectivity index (χ3v) is 3.53. The topological polar surface area (TPSA) is 61.8 Å². The molecule has 1 atom stereocenters. The van der Waals surface area contributed by atoms with Crippen molar-refractivity contribution < 1.29 is 14.6 Å². The maximum atomic E-state index is 10.9. The molecule has 1 fully saturated rings. The van der Waals surface area contributed by atoms with E-state index < -0.39 is 6.10 Å². The zero-order valence-electron chi connectivity index (χ0n) is 13.0. The Hall–Kier alpha value is -1.30. The summed E-state index contributed by atoms with van der Waals surface area (Å²) in [6, 6.07) is 7.15. The van der Waals surface area contributed by atoms with E-state index in [0.29, 0.717) is 12.3 Å². The molecule has 1 saturated heterocycles. The number of hydrogen-bond donors (Lipinski definition) is 2. The van der Waals surface area contributed by atoms with Crippen molar-refractivity contribution in [1.82, 2.24) is 4.90 Å². The number of carbonyl (C=O) groups excluding carboxylic acids is 1. The van der Waals surface area contributed by atoms with Crippen molar-refractivity contribution in [3.05, 3.63) is 24.3 Å². The molecule has 1 aromatic rings. The van der Waals surface area contributed by atoms with E-state index >= 15 is 0 Å². The first kappa shape index (κ1) is 18.7. The number of anilines is 1. The van der Waals surface area contributed by atoms with Crippen LogP contribution in [0.15, 0.2) is 24.3 Å². The molecular formula is C16H25ClN2O3. The molecule has 1 aliphatic heterocycles. The summed E-state index contributed by atoms with van der Waals surface area (Å²) in [4.78, 5) is 13.2. The number of aliphatic hydroxyl groups excluding tert-OH is 1. The van der Waals surface area contributed by atoms with E-state index in [1.54, 1.807) is 24.3 Å². The zero-order valence-corrected chi connectivity index (χ0v) is 13.8. The Labute approximate surface area is 138 Å². The number of likely N-dealkylation sites (tertiary alicyclic amines) is 1. The van der Waals surface area contributed by atoms with Crippen LogP contribution < -0.4 is 10.1 Å². The van der Waals surface area contributed by atoms with Gasteiger partial charge < -0.3 is 20.1 Å². The maximum Gasteiger partial charge on any atom is 0.221 e. The van der Waals surface area contributed by atoms with Gasteiger partial charge in [-0.2, -0.15) is 0 Å². The number of benzene rings is 1. The normalized spacial score (nSPS) is 16.5. The lowest BCUT2D eigenvalue weighted by molar-refractivity contribution is -0.114. The Bertz CT molecular complexity index is 447. The van der Waals surface area contributed by atoms with Crippen LogP contribution in [0.2, 0.25) is 0 Å². The third-order valence-electron chi connectivity index (χ3n) is 3.53. The maximum absolute atomic E-state index is 10.9. The number of rotatable bonds is 6. The van der Waals surface area contributed by atoms with E-state index in [1.807, 2.05) is 0 Å². The molecule has 1 aromatic carbocycles. The molecule has 1 amide bonds. The quantitative estimate of drug-likeness (QED) is 0.841. The molecular weight excluding hydrogens is 304 g/mol. The molecule has 22 heavy (non-hydrogen) atoms. The van der Waals surface area contributed by atoms with Gasteiger partial charge in [0.15, 0.2) is 0 Å². The summed E-state index contributed by atoms with van der Waals surface area (Å²) in [6.07, 6.45) is 3.26. The first-order valence-corrected chi connectivity index (χ1v) is 7.54. The molecule has 1 heterocycles. The largest absolute Gasteiger partial charge is 0.491 e. The van der Waals surface area contributed by atoms with Gasteiger partial charge >= 0.3 is 0 Å². The highest BCUT2D eigenvalue weighted by molar-refractivity contribution is 5.88. The molecule has 2 N–H and O–H groups in total. The van der Waals surface area contributed by atoms with Gasteiger partial charge in [-0.1, -0.05) is 6.42 Å². The number of halogens is 1. The lowest BCUT2D eigenvalue weighted by Crippen LogP contribution is -2.38. The highest BCUT2D eigenvalue weighted by atomic mass is 35.5. The number of piperidine rings is 1. The Balaban J connectivity index is 0.00000242. The molecule has 1 unspecified atom stereocenters. The summed E-state index contributed by atoms with van der Waals surface area (Å²) >= 11 is 0. The van der Waals surface area contributed by atoms with Crippen molar-refractivity contribution in [3.8, 4) is 5.75 Å². The van der Waals surface area contributed by atoms with Crippen LogP contribution in [0.25, 0.3) is 0 Å². The summed E-state index contributed by atoms with van der Waals surface area (Å²) in [6.45, 7) is 4.58. The van der Waals surface area contributed by atoms with Crippen LogP contribution >= 0.6 is 12.4 Å². The number of β-amino-alcohol motifs (C(OH)–C–C–N with tert-alkyl or cyclic N) is 1. The lowest BCUT2D eigenvalue weighted by Gasteiger charge is -2.28. The second-order valence-corrected chi connectivity index (χ2v) is 5.53. The fourth-order valence-corrected chi connectivity index (χ4v) is 2.52. The summed E-state index contributed by atoms with van der Waals surface area (Å²) in [5.41, 5.74) is 0.740. The van der Waals surface area contributed by atoms with Gasteiger partial charge in [0.25, 0.3) is 0 Å². The number of amides is 1. The Morgan fingerprint density at radius 1 is 1.27 bits per heavy atom. The fraction of sp³-hybridized carbons (Fsp3) is 0.562. The highest BCUT2D eigenvalue weighted by Gasteiger charge is 2.14. The molecule has 0 aliphatic carbocycles. The monoisotopic (exact) mass is 328 g/mol. The molecule has 2 rings (SSSR count). The Morgan fingerprint density at radius 2 is 1.91 bits per heavy atom. The van der Waals surface area contributed by atoms with Crippen LogP contribution in [0.3, 0.4) is 0 Å². The number of carbonyl (C=O) groups is 1. The standard InChI is InChI=1S/C16H24N2O3.ClH/c1-13(19)17-14-5-7-16(8-6-14)21-12-15(20)11-18-9-3-2-4-10-18;/h5-8,15,20H,2-4,9-12H2,1H3,(H,17,19);1H. The van der Waals surface area contributed by atoms with Crippen molar-refractivity contribution >= 4 is 24.0 Å². The smallest absolute Gasteiger partial charge is 0.221 e. The first-order chi connectivity index (χ1) is 10.1. The van der Waals surface area contributed by atoms with E-state index in [1.165, 1.54) is 26.2 Å². The minimum Gasteiger partial charge on any atom is -0.491 e. The van der Waals surface area contributed by atoms with Crippen LogP contribution in [-0.4, -0.2) is 48.3 Å². The summed E-state index contributed by atoms with van der Waals surface area (Å²) in [5.74, 6) is 0.599. The van der Waals surface area contributed by atoms with Crippen molar-refractivity contribution in [1.29, 1.82) is 0 Å². The number of nitrogens with one attached hydrogen (secondary N) is 1. The van der Waals surface area contributed by atoms with Crippen molar-refractivity contribution in [2.75, 3.05) is 31.6 Å². The van der Waals surface area contributed by atoms with Gasteiger partial charge in [-0.25, -0.2) is 0 Å².